The molecule has 1 aliphatic heterocycles. The third-order valence-corrected chi connectivity index (χ3v) is 14.9. The first-order valence-electron chi connectivity index (χ1n) is 12.7. The van der Waals surface area contributed by atoms with Crippen LogP contribution in [0.15, 0.2) is 161 Å². The highest BCUT2D eigenvalue weighted by molar-refractivity contribution is 7.95. The minimum atomic E-state index is -2.62. The molecule has 5 aromatic carbocycles. The van der Waals surface area contributed by atoms with Crippen LogP contribution >= 0.6 is 14.3 Å². The maximum atomic E-state index is 6.10. The van der Waals surface area contributed by atoms with E-state index in [1.165, 1.54) is 15.9 Å². The minimum absolute atomic E-state index is 0.937. The zero-order chi connectivity index (χ0) is 25.4. The summed E-state index contributed by atoms with van der Waals surface area (Å²) in [5.41, 5.74) is 1.91. The summed E-state index contributed by atoms with van der Waals surface area (Å²) in [6.45, 7) is 0. The molecule has 7 rings (SSSR count). The molecular weight excluding hydrogens is 500 g/mol. The highest BCUT2D eigenvalue weighted by atomic mass is 31.2. The molecule has 0 amide bonds. The quantitative estimate of drug-likeness (QED) is 0.226. The lowest BCUT2D eigenvalue weighted by Crippen LogP contribution is -2.29. The molecule has 5 heteroatoms. The Bertz CT molecular complexity index is 1780. The van der Waals surface area contributed by atoms with Gasteiger partial charge in [-0.05, 0) is 12.1 Å². The molecule has 0 bridgehead atoms. The van der Waals surface area contributed by atoms with Crippen LogP contribution in [0.4, 0.5) is 5.69 Å². The first-order valence-corrected chi connectivity index (χ1v) is 16.1. The zero-order valence-corrected chi connectivity index (χ0v) is 22.5. The smallest absolute Gasteiger partial charge is 0.135 e. The number of hydrogen-bond acceptors (Lipinski definition) is 3. The third-order valence-electron chi connectivity index (χ3n) is 7.08. The summed E-state index contributed by atoms with van der Waals surface area (Å²) in [7, 11) is -5.13. The van der Waals surface area contributed by atoms with Crippen LogP contribution in [0.2, 0.25) is 0 Å². The maximum absolute atomic E-state index is 6.10. The zero-order valence-electron chi connectivity index (χ0n) is 20.7. The lowest BCUT2D eigenvalue weighted by Gasteiger charge is -2.36. The van der Waals surface area contributed by atoms with E-state index in [0.29, 0.717) is 0 Å². The van der Waals surface area contributed by atoms with Crippen LogP contribution in [0, 0.1) is 0 Å². The predicted molar refractivity (Wildman–Crippen MR) is 164 cm³/mol. The first-order chi connectivity index (χ1) is 18.8. The normalized spacial score (nSPS) is 15.2. The van der Waals surface area contributed by atoms with E-state index >= 15 is 0 Å². The van der Waals surface area contributed by atoms with Crippen molar-refractivity contribution in [2.24, 2.45) is 9.26 Å². The Morgan fingerprint density at radius 2 is 0.947 bits per heavy atom. The number of pyridine rings is 1. The van der Waals surface area contributed by atoms with Crippen LogP contribution in [0.1, 0.15) is 0 Å². The molecule has 1 aliphatic rings. The number of hydrogen-bond donors (Lipinski definition) is 0. The van der Waals surface area contributed by atoms with Gasteiger partial charge in [-0.1, -0.05) is 133 Å². The van der Waals surface area contributed by atoms with Crippen LogP contribution in [-0.2, 0) is 0 Å². The van der Waals surface area contributed by atoms with E-state index in [4.69, 9.17) is 14.2 Å². The van der Waals surface area contributed by atoms with Crippen molar-refractivity contribution >= 4 is 57.4 Å². The molecule has 2 heterocycles. The van der Waals surface area contributed by atoms with E-state index in [0.717, 1.165) is 27.2 Å². The predicted octanol–water partition coefficient (Wildman–Crippen LogP) is 7.12. The van der Waals surface area contributed by atoms with Gasteiger partial charge in [0, 0.05) is 38.1 Å². The fourth-order valence-electron chi connectivity index (χ4n) is 5.34. The van der Waals surface area contributed by atoms with Gasteiger partial charge in [-0.15, -0.1) is 0 Å². The van der Waals surface area contributed by atoms with Crippen LogP contribution < -0.4 is 26.5 Å². The number of fused-ring (bicyclic) bond motifs is 3. The number of rotatable bonds is 4. The van der Waals surface area contributed by atoms with Crippen molar-refractivity contribution in [2.75, 3.05) is 0 Å². The van der Waals surface area contributed by atoms with Crippen LogP contribution in [0.25, 0.3) is 10.9 Å². The van der Waals surface area contributed by atoms with Crippen molar-refractivity contribution in [3.63, 3.8) is 0 Å². The molecular formula is C33H25N3P2. The fourth-order valence-corrected chi connectivity index (χ4v) is 14.2. The molecule has 0 spiro atoms. The summed E-state index contributed by atoms with van der Waals surface area (Å²) in [5.74, 6) is 0. The summed E-state index contributed by atoms with van der Waals surface area (Å²) in [5, 5.41) is 7.03. The highest BCUT2D eigenvalue weighted by Crippen LogP contribution is 2.66. The Morgan fingerprint density at radius 3 is 1.47 bits per heavy atom. The van der Waals surface area contributed by atoms with Gasteiger partial charge >= 0.3 is 0 Å². The molecule has 0 saturated heterocycles. The molecule has 0 radical (unpaired) electrons. The van der Waals surface area contributed by atoms with E-state index < -0.39 is 14.3 Å². The summed E-state index contributed by atoms with van der Waals surface area (Å²) in [6, 6.07) is 51.6. The van der Waals surface area contributed by atoms with Crippen LogP contribution in [0.5, 0.6) is 0 Å². The minimum Gasteiger partial charge on any atom is -0.254 e. The largest absolute Gasteiger partial charge is 0.254 e. The number of benzene rings is 5. The van der Waals surface area contributed by atoms with Crippen molar-refractivity contribution in [3.8, 4) is 0 Å². The van der Waals surface area contributed by atoms with Gasteiger partial charge in [0.1, 0.15) is 12.9 Å². The highest BCUT2D eigenvalue weighted by Gasteiger charge is 2.39. The molecule has 0 aliphatic carbocycles. The van der Waals surface area contributed by atoms with E-state index in [1.807, 2.05) is 12.3 Å². The van der Waals surface area contributed by atoms with Gasteiger partial charge in [-0.25, -0.2) is 9.26 Å². The molecule has 38 heavy (non-hydrogen) atoms. The number of nitrogens with zero attached hydrogens (tertiary/aromatic N) is 3. The average Bonchev–Trinajstić information content (AvgIpc) is 3.02. The van der Waals surface area contributed by atoms with Gasteiger partial charge in [-0.3, -0.25) is 4.98 Å². The Hall–Kier alpha value is -4.03. The van der Waals surface area contributed by atoms with E-state index in [1.54, 1.807) is 0 Å². The van der Waals surface area contributed by atoms with Gasteiger partial charge in [0.2, 0.25) is 0 Å². The van der Waals surface area contributed by atoms with Crippen molar-refractivity contribution in [2.45, 2.75) is 0 Å². The number of aromatic nitrogens is 1. The second kappa shape index (κ2) is 9.37. The summed E-state index contributed by atoms with van der Waals surface area (Å²) in [6.07, 6.45) is 1.88. The fraction of sp³-hybridized carbons (Fsp3) is 0. The monoisotopic (exact) mass is 525 g/mol. The Kier molecular flexibility index (Phi) is 5.70. The van der Waals surface area contributed by atoms with Gasteiger partial charge in [0.15, 0.2) is 0 Å². The molecule has 0 unspecified atom stereocenters. The van der Waals surface area contributed by atoms with Crippen molar-refractivity contribution in [1.29, 1.82) is 0 Å². The van der Waals surface area contributed by atoms with E-state index in [-0.39, 0.29) is 0 Å². The summed E-state index contributed by atoms with van der Waals surface area (Å²) >= 11 is 0. The van der Waals surface area contributed by atoms with Crippen molar-refractivity contribution in [1.82, 2.24) is 4.98 Å². The maximum Gasteiger partial charge on any atom is 0.135 e. The molecule has 6 aromatic rings. The topological polar surface area (TPSA) is 37.6 Å². The Balaban J connectivity index is 1.78. The molecule has 182 valence electrons. The first kappa shape index (κ1) is 23.1. The SMILES string of the molecule is c1ccc(P2(c3ccccc3)=Nc3c(ccc4cccnc34)P(c3ccccc3)(c3ccccc3)=N2)cc1. The molecule has 0 N–H and O–H groups in total. The van der Waals surface area contributed by atoms with Gasteiger partial charge in [0.25, 0.3) is 0 Å². The third kappa shape index (κ3) is 3.55. The van der Waals surface area contributed by atoms with Crippen LogP contribution in [0.3, 0.4) is 0 Å². The summed E-state index contributed by atoms with van der Waals surface area (Å²) in [4.78, 5) is 4.90. The second-order valence-electron chi connectivity index (χ2n) is 9.28. The lowest BCUT2D eigenvalue weighted by molar-refractivity contribution is 1.40. The Morgan fingerprint density at radius 1 is 0.447 bits per heavy atom. The van der Waals surface area contributed by atoms with Gasteiger partial charge in [-0.2, -0.15) is 0 Å². The van der Waals surface area contributed by atoms with Crippen molar-refractivity contribution in [3.05, 3.63) is 152 Å². The molecule has 1 aromatic heterocycles. The molecule has 3 nitrogen and oxygen atoms in total. The van der Waals surface area contributed by atoms with Gasteiger partial charge < -0.3 is 0 Å². The van der Waals surface area contributed by atoms with Crippen LogP contribution in [-0.4, -0.2) is 4.98 Å². The van der Waals surface area contributed by atoms with E-state index in [9.17, 15) is 0 Å². The molecule has 0 atom stereocenters. The summed E-state index contributed by atoms with van der Waals surface area (Å²) < 4.78 is 11.8. The molecule has 0 fully saturated rings. The van der Waals surface area contributed by atoms with E-state index in [2.05, 4.69) is 140 Å². The lowest BCUT2D eigenvalue weighted by atomic mass is 10.2. The molecule has 0 saturated carbocycles. The average molecular weight is 526 g/mol. The second-order valence-corrected chi connectivity index (χ2v) is 15.2. The Labute approximate surface area is 223 Å². The van der Waals surface area contributed by atoms with Gasteiger partial charge in [0.05, 0.1) is 12.6 Å². The van der Waals surface area contributed by atoms with Crippen molar-refractivity contribution < 1.29 is 0 Å². The standard InChI is InChI=1S/C33H25N3P2/c1-5-15-27(16-6-1)37(28-17-7-2-8-18-28)31-24-23-26-14-13-25-34-32(26)33(31)35-38(36-37,29-19-9-3-10-20-29)30-21-11-4-12-22-30/h1-25H.